The van der Waals surface area contributed by atoms with Crippen molar-refractivity contribution < 1.29 is 23.4 Å². The van der Waals surface area contributed by atoms with Crippen molar-refractivity contribution in [2.45, 2.75) is 18.9 Å². The average molecular weight is 280 g/mol. The fraction of sp³-hybridized carbons (Fsp3) is 0.364. The summed E-state index contributed by atoms with van der Waals surface area (Å²) in [6.07, 6.45) is -0.915. The van der Waals surface area contributed by atoms with Crippen LogP contribution >= 0.6 is 12.4 Å². The van der Waals surface area contributed by atoms with Crippen LogP contribution in [0, 0.1) is 6.92 Å². The summed E-state index contributed by atoms with van der Waals surface area (Å²) >= 11 is 0. The molecule has 1 aromatic carbocycles. The fourth-order valence-corrected chi connectivity index (χ4v) is 1.73. The third-order valence-corrected chi connectivity index (χ3v) is 2.66. The van der Waals surface area contributed by atoms with Crippen molar-refractivity contribution in [2.75, 3.05) is 6.61 Å². The predicted octanol–water partition coefficient (Wildman–Crippen LogP) is 2.54. The zero-order valence-electron chi connectivity index (χ0n) is 9.44. The van der Waals surface area contributed by atoms with E-state index in [9.17, 15) is 18.7 Å². The van der Waals surface area contributed by atoms with Gasteiger partial charge in [-0.3, -0.25) is 0 Å². The Balaban J connectivity index is 0.00000162. The molecule has 0 radical (unpaired) electrons. The number of aryl methyl sites for hydroxylation is 1. The molecule has 1 aromatic rings. The minimum absolute atomic E-state index is 0. The second kappa shape index (κ2) is 4.97. The molecule has 1 atom stereocenters. The van der Waals surface area contributed by atoms with Crippen LogP contribution in [0.2, 0.25) is 0 Å². The molecule has 0 unspecified atom stereocenters. The van der Waals surface area contributed by atoms with E-state index < -0.39 is 24.7 Å². The van der Waals surface area contributed by atoms with Crippen LogP contribution in [0.4, 0.5) is 13.6 Å². The number of para-hydroxylation sites is 1. The lowest BCUT2D eigenvalue weighted by atomic mass is 9.97. The van der Waals surface area contributed by atoms with E-state index in [-0.39, 0.29) is 23.7 Å². The van der Waals surface area contributed by atoms with E-state index in [1.165, 1.54) is 6.07 Å². The van der Waals surface area contributed by atoms with Crippen LogP contribution in [0.25, 0.3) is 0 Å². The van der Waals surface area contributed by atoms with Gasteiger partial charge in [0.05, 0.1) is 0 Å². The number of benzene rings is 1. The number of nitrogens with one attached hydrogen (secondary N) is 1. The zero-order chi connectivity index (χ0) is 12.6. The van der Waals surface area contributed by atoms with Gasteiger partial charge in [0, 0.05) is 5.56 Å². The Morgan fingerprint density at radius 3 is 2.83 bits per heavy atom. The Hall–Kier alpha value is -1.56. The van der Waals surface area contributed by atoms with Gasteiger partial charge in [-0.25, -0.2) is 13.6 Å². The van der Waals surface area contributed by atoms with Gasteiger partial charge in [-0.05, 0) is 12.5 Å². The molecule has 1 amide bonds. The Morgan fingerprint density at radius 2 is 2.17 bits per heavy atom. The molecule has 0 bridgehead atoms. The normalized spacial score (nSPS) is 21.5. The number of phenolic OH excluding ortho intramolecular Hbond substituents is 1. The minimum Gasteiger partial charge on any atom is -0.507 e. The maximum absolute atomic E-state index is 13.6. The predicted molar refractivity (Wildman–Crippen MR) is 62.3 cm³/mol. The molecule has 0 spiro atoms. The number of ether oxygens (including phenoxy) is 1. The lowest BCUT2D eigenvalue weighted by Crippen LogP contribution is -2.49. The van der Waals surface area contributed by atoms with Gasteiger partial charge in [0.25, 0.3) is 0 Å². The Kier molecular flexibility index (Phi) is 4.01. The van der Waals surface area contributed by atoms with Crippen molar-refractivity contribution in [3.05, 3.63) is 29.3 Å². The van der Waals surface area contributed by atoms with Gasteiger partial charge >= 0.3 is 12.0 Å². The lowest BCUT2D eigenvalue weighted by Gasteiger charge is -2.32. The van der Waals surface area contributed by atoms with Crippen molar-refractivity contribution in [2.24, 2.45) is 0 Å². The van der Waals surface area contributed by atoms with Gasteiger partial charge in [-0.15, -0.1) is 12.4 Å². The van der Waals surface area contributed by atoms with Crippen LogP contribution < -0.4 is 5.32 Å². The van der Waals surface area contributed by atoms with E-state index in [0.29, 0.717) is 5.56 Å². The highest BCUT2D eigenvalue weighted by Gasteiger charge is 2.47. The Labute approximate surface area is 108 Å². The number of halogens is 3. The highest BCUT2D eigenvalue weighted by Crippen LogP contribution is 2.39. The lowest BCUT2D eigenvalue weighted by molar-refractivity contribution is -0.104. The molecular weight excluding hydrogens is 268 g/mol. The SMILES string of the molecule is Cc1cccc([C@@H]2NC(=O)OCC2(F)F)c1O.Cl. The summed E-state index contributed by atoms with van der Waals surface area (Å²) < 4.78 is 31.4. The average Bonchev–Trinajstić information content (AvgIpc) is 2.26. The molecule has 1 saturated heterocycles. The van der Waals surface area contributed by atoms with Gasteiger partial charge in [0.1, 0.15) is 11.8 Å². The molecule has 1 aliphatic rings. The van der Waals surface area contributed by atoms with E-state index in [1.54, 1.807) is 19.1 Å². The van der Waals surface area contributed by atoms with Crippen LogP contribution in [0.3, 0.4) is 0 Å². The second-order valence-electron chi connectivity index (χ2n) is 3.93. The molecule has 1 heterocycles. The van der Waals surface area contributed by atoms with Crippen LogP contribution in [0.15, 0.2) is 18.2 Å². The summed E-state index contributed by atoms with van der Waals surface area (Å²) in [5.41, 5.74) is 0.464. The third-order valence-electron chi connectivity index (χ3n) is 2.66. The molecule has 4 nitrogen and oxygen atoms in total. The van der Waals surface area contributed by atoms with Gasteiger partial charge in [-0.1, -0.05) is 18.2 Å². The second-order valence-corrected chi connectivity index (χ2v) is 3.93. The number of carbonyl (C=O) groups excluding carboxylic acids is 1. The number of cyclic esters (lactones) is 1. The molecule has 7 heteroatoms. The number of phenols is 1. The highest BCUT2D eigenvalue weighted by atomic mass is 35.5. The van der Waals surface area contributed by atoms with Crippen molar-refractivity contribution in [3.8, 4) is 5.75 Å². The van der Waals surface area contributed by atoms with Crippen molar-refractivity contribution in [1.29, 1.82) is 0 Å². The van der Waals surface area contributed by atoms with Crippen LogP contribution in [0.1, 0.15) is 17.2 Å². The van der Waals surface area contributed by atoms with Crippen LogP contribution in [0.5, 0.6) is 5.75 Å². The Bertz CT molecular complexity index is 468. The van der Waals surface area contributed by atoms with Gasteiger partial charge in [-0.2, -0.15) is 0 Å². The number of hydrogen-bond acceptors (Lipinski definition) is 3. The maximum Gasteiger partial charge on any atom is 0.408 e. The van der Waals surface area contributed by atoms with Crippen molar-refractivity contribution in [3.63, 3.8) is 0 Å². The molecule has 2 rings (SSSR count). The van der Waals surface area contributed by atoms with Crippen molar-refractivity contribution >= 4 is 18.5 Å². The van der Waals surface area contributed by atoms with E-state index in [2.05, 4.69) is 4.74 Å². The molecular formula is C11H12ClF2NO3. The first-order valence-electron chi connectivity index (χ1n) is 5.01. The molecule has 100 valence electrons. The summed E-state index contributed by atoms with van der Waals surface area (Å²) in [5, 5.41) is 11.8. The first-order chi connectivity index (χ1) is 7.92. The fourth-order valence-electron chi connectivity index (χ4n) is 1.73. The number of aromatic hydroxyl groups is 1. The molecule has 0 aromatic heterocycles. The number of amides is 1. The molecule has 2 N–H and O–H groups in total. The van der Waals surface area contributed by atoms with Gasteiger partial charge in [0.2, 0.25) is 0 Å². The largest absolute Gasteiger partial charge is 0.507 e. The summed E-state index contributed by atoms with van der Waals surface area (Å²) in [6, 6.07) is 2.93. The number of carbonyl (C=O) groups is 1. The summed E-state index contributed by atoms with van der Waals surface area (Å²) in [6.45, 7) is 0.606. The smallest absolute Gasteiger partial charge is 0.408 e. The number of rotatable bonds is 1. The molecule has 0 aliphatic carbocycles. The molecule has 1 aliphatic heterocycles. The molecule has 0 saturated carbocycles. The highest BCUT2D eigenvalue weighted by molar-refractivity contribution is 5.85. The standard InChI is InChI=1S/C11H11F2NO3.ClH/c1-6-3-2-4-7(8(6)15)9-11(12,13)5-17-10(16)14-9;/h2-4,9,15H,5H2,1H3,(H,14,16);1H/t9-;/m0./s1. The van der Waals surface area contributed by atoms with E-state index in [1.807, 2.05) is 5.32 Å². The monoisotopic (exact) mass is 279 g/mol. The van der Waals surface area contributed by atoms with E-state index >= 15 is 0 Å². The maximum atomic E-state index is 13.6. The molecule has 18 heavy (non-hydrogen) atoms. The van der Waals surface area contributed by atoms with Crippen LogP contribution in [-0.2, 0) is 4.74 Å². The molecule has 1 fully saturated rings. The third kappa shape index (κ3) is 2.48. The number of hydrogen-bond donors (Lipinski definition) is 2. The first kappa shape index (κ1) is 14.5. The number of alkyl carbamates (subject to hydrolysis) is 1. The summed E-state index contributed by atoms with van der Waals surface area (Å²) in [5.74, 6) is -3.49. The number of alkyl halides is 2. The zero-order valence-corrected chi connectivity index (χ0v) is 10.3. The van der Waals surface area contributed by atoms with E-state index in [0.717, 1.165) is 0 Å². The van der Waals surface area contributed by atoms with Crippen LogP contribution in [-0.4, -0.2) is 23.7 Å². The summed E-state index contributed by atoms with van der Waals surface area (Å²) in [7, 11) is 0. The quantitative estimate of drug-likeness (QED) is 0.830. The van der Waals surface area contributed by atoms with Gasteiger partial charge in [0.15, 0.2) is 6.61 Å². The van der Waals surface area contributed by atoms with Crippen molar-refractivity contribution in [1.82, 2.24) is 5.32 Å². The minimum atomic E-state index is -3.25. The van der Waals surface area contributed by atoms with Gasteiger partial charge < -0.3 is 15.2 Å². The van der Waals surface area contributed by atoms with E-state index in [4.69, 9.17) is 0 Å². The topological polar surface area (TPSA) is 58.6 Å². The Morgan fingerprint density at radius 1 is 1.50 bits per heavy atom. The first-order valence-corrected chi connectivity index (χ1v) is 5.01. The summed E-state index contributed by atoms with van der Waals surface area (Å²) in [4.78, 5) is 11.0.